The highest BCUT2D eigenvalue weighted by Crippen LogP contribution is 2.20. The molecule has 0 radical (unpaired) electrons. The second-order valence-corrected chi connectivity index (χ2v) is 6.27. The molecule has 0 spiro atoms. The standard InChI is InChI=1S/C17H26N4O3/c1-12(22)13-9-15(20(2)11-13)17(24)21-8-4-3-5-14(21)10-19-16(23)6-7-18/h9,11,14H,3-8,10,18H2,1-2H3,(H,19,23). The fourth-order valence-electron chi connectivity index (χ4n) is 3.05. The first kappa shape index (κ1) is 18.2. The highest BCUT2D eigenvalue weighted by Gasteiger charge is 2.29. The smallest absolute Gasteiger partial charge is 0.270 e. The predicted molar refractivity (Wildman–Crippen MR) is 90.8 cm³/mol. The molecule has 1 aromatic rings. The zero-order valence-electron chi connectivity index (χ0n) is 14.4. The zero-order chi connectivity index (χ0) is 17.7. The van der Waals surface area contributed by atoms with Crippen molar-refractivity contribution in [2.24, 2.45) is 12.8 Å². The topological polar surface area (TPSA) is 97.4 Å². The Hall–Kier alpha value is -2.15. The van der Waals surface area contributed by atoms with E-state index < -0.39 is 0 Å². The third-order valence-electron chi connectivity index (χ3n) is 4.42. The molecule has 7 heteroatoms. The van der Waals surface area contributed by atoms with Crippen LogP contribution in [0, 0.1) is 0 Å². The molecular weight excluding hydrogens is 308 g/mol. The summed E-state index contributed by atoms with van der Waals surface area (Å²) in [5.74, 6) is -0.245. The molecular formula is C17H26N4O3. The van der Waals surface area contributed by atoms with Gasteiger partial charge in [0.2, 0.25) is 5.91 Å². The predicted octanol–water partition coefficient (Wildman–Crippen LogP) is 0.687. The first-order chi connectivity index (χ1) is 11.4. The molecule has 132 valence electrons. The highest BCUT2D eigenvalue weighted by atomic mass is 16.2. The third-order valence-corrected chi connectivity index (χ3v) is 4.42. The number of aromatic nitrogens is 1. The van der Waals surface area contributed by atoms with Gasteiger partial charge in [-0.3, -0.25) is 14.4 Å². The summed E-state index contributed by atoms with van der Waals surface area (Å²) in [4.78, 5) is 37.9. The number of nitrogens with two attached hydrogens (primary N) is 1. The molecule has 1 unspecified atom stereocenters. The van der Waals surface area contributed by atoms with E-state index in [1.807, 2.05) is 4.90 Å². The molecule has 7 nitrogen and oxygen atoms in total. The third kappa shape index (κ3) is 4.23. The summed E-state index contributed by atoms with van der Waals surface area (Å²) in [7, 11) is 1.77. The van der Waals surface area contributed by atoms with Crippen molar-refractivity contribution in [1.82, 2.24) is 14.8 Å². The van der Waals surface area contributed by atoms with E-state index in [1.54, 1.807) is 23.9 Å². The average molecular weight is 334 g/mol. The molecule has 0 bridgehead atoms. The van der Waals surface area contributed by atoms with Crippen LogP contribution in [0.25, 0.3) is 0 Å². The van der Waals surface area contributed by atoms with Crippen LogP contribution in [0.4, 0.5) is 0 Å². The van der Waals surface area contributed by atoms with Crippen molar-refractivity contribution in [2.45, 2.75) is 38.6 Å². The number of piperidine rings is 1. The van der Waals surface area contributed by atoms with E-state index >= 15 is 0 Å². The van der Waals surface area contributed by atoms with Crippen molar-refractivity contribution in [3.8, 4) is 0 Å². The van der Waals surface area contributed by atoms with Crippen LogP contribution in [0.3, 0.4) is 0 Å². The number of hydrogen-bond donors (Lipinski definition) is 2. The monoisotopic (exact) mass is 334 g/mol. The van der Waals surface area contributed by atoms with Crippen molar-refractivity contribution in [2.75, 3.05) is 19.6 Å². The molecule has 0 saturated carbocycles. The molecule has 1 atom stereocenters. The summed E-state index contributed by atoms with van der Waals surface area (Å²) in [6.45, 7) is 2.90. The molecule has 3 N–H and O–H groups in total. The van der Waals surface area contributed by atoms with Crippen molar-refractivity contribution in [3.63, 3.8) is 0 Å². The number of hydrogen-bond acceptors (Lipinski definition) is 4. The van der Waals surface area contributed by atoms with Gasteiger partial charge in [-0.2, -0.15) is 0 Å². The van der Waals surface area contributed by atoms with E-state index in [9.17, 15) is 14.4 Å². The van der Waals surface area contributed by atoms with Crippen LogP contribution in [-0.2, 0) is 11.8 Å². The van der Waals surface area contributed by atoms with Gasteiger partial charge in [-0.1, -0.05) is 0 Å². The molecule has 2 rings (SSSR count). The van der Waals surface area contributed by atoms with Gasteiger partial charge in [0.1, 0.15) is 5.69 Å². The van der Waals surface area contributed by atoms with Gasteiger partial charge in [0, 0.05) is 50.9 Å². The van der Waals surface area contributed by atoms with E-state index in [2.05, 4.69) is 5.32 Å². The summed E-state index contributed by atoms with van der Waals surface area (Å²) < 4.78 is 1.69. The lowest BCUT2D eigenvalue weighted by atomic mass is 10.0. The van der Waals surface area contributed by atoms with Gasteiger partial charge in [0.25, 0.3) is 5.91 Å². The number of ketones is 1. The van der Waals surface area contributed by atoms with Crippen LogP contribution in [0.5, 0.6) is 0 Å². The van der Waals surface area contributed by atoms with Gasteiger partial charge in [-0.25, -0.2) is 0 Å². The van der Waals surface area contributed by atoms with E-state index in [0.717, 1.165) is 19.3 Å². The second-order valence-electron chi connectivity index (χ2n) is 6.27. The number of rotatable bonds is 6. The van der Waals surface area contributed by atoms with Gasteiger partial charge < -0.3 is 20.5 Å². The van der Waals surface area contributed by atoms with Crippen LogP contribution in [0.15, 0.2) is 12.3 Å². The van der Waals surface area contributed by atoms with Crippen molar-refractivity contribution in [1.29, 1.82) is 0 Å². The first-order valence-corrected chi connectivity index (χ1v) is 8.39. The maximum absolute atomic E-state index is 12.9. The van der Waals surface area contributed by atoms with Crippen LogP contribution in [0.2, 0.25) is 0 Å². The van der Waals surface area contributed by atoms with Crippen LogP contribution in [0.1, 0.15) is 53.5 Å². The fraction of sp³-hybridized carbons (Fsp3) is 0.588. The Morgan fingerprint density at radius 1 is 1.33 bits per heavy atom. The minimum absolute atomic E-state index is 0.0244. The minimum atomic E-state index is -0.0947. The number of likely N-dealkylation sites (tertiary alicyclic amines) is 1. The lowest BCUT2D eigenvalue weighted by Crippen LogP contribution is -2.49. The van der Waals surface area contributed by atoms with E-state index in [-0.39, 0.29) is 23.6 Å². The molecule has 0 aliphatic carbocycles. The fourth-order valence-corrected chi connectivity index (χ4v) is 3.05. The molecule has 2 heterocycles. The summed E-state index contributed by atoms with van der Waals surface area (Å²) in [6.07, 6.45) is 4.81. The maximum Gasteiger partial charge on any atom is 0.270 e. The van der Waals surface area contributed by atoms with Crippen molar-refractivity contribution < 1.29 is 14.4 Å². The van der Waals surface area contributed by atoms with E-state index in [1.165, 1.54) is 6.92 Å². The molecule has 1 aliphatic heterocycles. The average Bonchev–Trinajstić information content (AvgIpc) is 2.95. The first-order valence-electron chi connectivity index (χ1n) is 8.39. The Balaban J connectivity index is 2.10. The van der Waals surface area contributed by atoms with Crippen molar-refractivity contribution in [3.05, 3.63) is 23.5 Å². The van der Waals surface area contributed by atoms with Crippen LogP contribution < -0.4 is 11.1 Å². The SMILES string of the molecule is CC(=O)c1cc(C(=O)N2CCCCC2CNC(=O)CCN)n(C)c1. The normalized spacial score (nSPS) is 17.6. The molecule has 1 saturated heterocycles. The molecule has 1 aliphatic rings. The number of nitrogens with one attached hydrogen (secondary N) is 1. The van der Waals surface area contributed by atoms with Gasteiger partial charge >= 0.3 is 0 Å². The lowest BCUT2D eigenvalue weighted by Gasteiger charge is -2.36. The Labute approximate surface area is 142 Å². The quantitative estimate of drug-likeness (QED) is 0.748. The maximum atomic E-state index is 12.9. The lowest BCUT2D eigenvalue weighted by molar-refractivity contribution is -0.121. The number of Topliss-reactive ketones (excluding diaryl/α,β-unsaturated/α-hetero) is 1. The number of carbonyl (C=O) groups is 3. The number of nitrogens with zero attached hydrogens (tertiary/aromatic N) is 2. The summed E-state index contributed by atoms with van der Waals surface area (Å²) >= 11 is 0. The second kappa shape index (κ2) is 8.10. The Morgan fingerprint density at radius 3 is 2.71 bits per heavy atom. The van der Waals surface area contributed by atoms with Crippen molar-refractivity contribution >= 4 is 17.6 Å². The van der Waals surface area contributed by atoms with Crippen LogP contribution in [-0.4, -0.2) is 52.7 Å². The van der Waals surface area contributed by atoms with E-state index in [0.29, 0.717) is 37.3 Å². The van der Waals surface area contributed by atoms with E-state index in [4.69, 9.17) is 5.73 Å². The zero-order valence-corrected chi connectivity index (χ0v) is 14.4. The largest absolute Gasteiger partial charge is 0.354 e. The molecule has 2 amide bonds. The Bertz CT molecular complexity index is 623. The summed E-state index contributed by atoms with van der Waals surface area (Å²) in [5, 5.41) is 2.85. The Kier molecular flexibility index (Phi) is 6.14. The molecule has 1 fully saturated rings. The number of amides is 2. The minimum Gasteiger partial charge on any atom is -0.354 e. The molecule has 1 aromatic heterocycles. The van der Waals surface area contributed by atoms with Gasteiger partial charge in [0.05, 0.1) is 0 Å². The van der Waals surface area contributed by atoms with Gasteiger partial charge in [0.15, 0.2) is 5.78 Å². The Morgan fingerprint density at radius 2 is 2.08 bits per heavy atom. The van der Waals surface area contributed by atoms with Crippen LogP contribution >= 0.6 is 0 Å². The van der Waals surface area contributed by atoms with Gasteiger partial charge in [-0.15, -0.1) is 0 Å². The molecule has 24 heavy (non-hydrogen) atoms. The molecule has 0 aromatic carbocycles. The van der Waals surface area contributed by atoms with Gasteiger partial charge in [-0.05, 0) is 32.3 Å². The number of carbonyl (C=O) groups excluding carboxylic acids is 3. The summed E-state index contributed by atoms with van der Waals surface area (Å²) in [5.41, 5.74) is 6.41. The number of aryl methyl sites for hydroxylation is 1. The highest BCUT2D eigenvalue weighted by molar-refractivity contribution is 5.99. The summed E-state index contributed by atoms with van der Waals surface area (Å²) in [6, 6.07) is 1.62.